The monoisotopic (exact) mass is 191 g/mol. The molecule has 14 heavy (non-hydrogen) atoms. The number of rotatable bonds is 3. The predicted octanol–water partition coefficient (Wildman–Crippen LogP) is 4.66. The minimum Gasteiger partial charge on any atom is -0.0879 e. The second-order valence-electron chi connectivity index (χ2n) is 5.00. The fourth-order valence-corrected chi connectivity index (χ4v) is 2.85. The second kappa shape index (κ2) is 5.58. The van der Waals surface area contributed by atoms with Gasteiger partial charge in [-0.1, -0.05) is 44.3 Å². The molecule has 0 heterocycles. The van der Waals surface area contributed by atoms with Gasteiger partial charge in [-0.05, 0) is 43.9 Å². The Hall–Kier alpha value is -0.260. The molecule has 0 N–H and O–H groups in total. The molecule has 79 valence electrons. The smallest absolute Gasteiger partial charge is 0.00271 e. The molecule has 2 aliphatic rings. The summed E-state index contributed by atoms with van der Waals surface area (Å²) in [7, 11) is 0. The zero-order chi connectivity index (χ0) is 9.64. The van der Waals surface area contributed by atoms with Crippen LogP contribution in [0.1, 0.15) is 64.2 Å². The molecule has 0 aliphatic heterocycles. The molecule has 2 aliphatic carbocycles. The van der Waals surface area contributed by atoms with Crippen LogP contribution in [-0.4, -0.2) is 0 Å². The Bertz CT molecular complexity index is 174. The van der Waals surface area contributed by atoms with Crippen molar-refractivity contribution in [3.8, 4) is 0 Å². The van der Waals surface area contributed by atoms with Gasteiger partial charge in [-0.25, -0.2) is 0 Å². The third kappa shape index (κ3) is 3.15. The summed E-state index contributed by atoms with van der Waals surface area (Å²) in [5.41, 5.74) is 0. The molecule has 0 aromatic carbocycles. The molecule has 0 amide bonds. The summed E-state index contributed by atoms with van der Waals surface area (Å²) < 4.78 is 0. The number of allylic oxidation sites excluding steroid dienone is 2. The highest BCUT2D eigenvalue weighted by Crippen LogP contribution is 2.31. The van der Waals surface area contributed by atoms with E-state index in [9.17, 15) is 0 Å². The quantitative estimate of drug-likeness (QED) is 0.608. The molecular formula is C14H23. The van der Waals surface area contributed by atoms with Gasteiger partial charge in [0.2, 0.25) is 0 Å². The zero-order valence-electron chi connectivity index (χ0n) is 9.30. The summed E-state index contributed by atoms with van der Waals surface area (Å²) in [5, 5.41) is 0. The van der Waals surface area contributed by atoms with Crippen molar-refractivity contribution in [2.24, 2.45) is 5.92 Å². The van der Waals surface area contributed by atoms with E-state index in [1.165, 1.54) is 64.2 Å². The predicted molar refractivity (Wildman–Crippen MR) is 62.0 cm³/mol. The van der Waals surface area contributed by atoms with Crippen LogP contribution in [0.4, 0.5) is 0 Å². The van der Waals surface area contributed by atoms with Gasteiger partial charge in [0, 0.05) is 0 Å². The Morgan fingerprint density at radius 2 is 1.93 bits per heavy atom. The number of hydrogen-bond donors (Lipinski definition) is 0. The lowest BCUT2D eigenvalue weighted by Crippen LogP contribution is -2.08. The van der Waals surface area contributed by atoms with Crippen molar-refractivity contribution >= 4 is 0 Å². The Morgan fingerprint density at radius 3 is 2.64 bits per heavy atom. The molecule has 0 aromatic heterocycles. The lowest BCUT2D eigenvalue weighted by molar-refractivity contribution is 0.334. The van der Waals surface area contributed by atoms with E-state index in [4.69, 9.17) is 0 Å². The van der Waals surface area contributed by atoms with Gasteiger partial charge in [0.1, 0.15) is 0 Å². The molecule has 1 radical (unpaired) electrons. The highest BCUT2D eigenvalue weighted by atomic mass is 14.2. The van der Waals surface area contributed by atoms with Gasteiger partial charge in [-0.3, -0.25) is 0 Å². The first-order valence-corrected chi connectivity index (χ1v) is 6.46. The van der Waals surface area contributed by atoms with Crippen LogP contribution < -0.4 is 0 Å². The molecule has 2 rings (SSSR count). The van der Waals surface area contributed by atoms with E-state index in [1.54, 1.807) is 5.92 Å². The third-order valence-electron chi connectivity index (χ3n) is 3.82. The molecule has 0 aromatic rings. The Balaban J connectivity index is 1.65. The average Bonchev–Trinajstić information content (AvgIpc) is 2.29. The molecule has 0 saturated heterocycles. The molecule has 0 heteroatoms. The van der Waals surface area contributed by atoms with Crippen LogP contribution in [0.25, 0.3) is 0 Å². The van der Waals surface area contributed by atoms with Crippen LogP contribution in [-0.2, 0) is 0 Å². The molecule has 1 saturated carbocycles. The molecule has 0 atom stereocenters. The largest absolute Gasteiger partial charge is 0.0879 e. The molecule has 0 spiro atoms. The standard InChI is InChI=1S/C14H23/c1-3-7-13(8-4-1)11-12-14-9-5-2-6-10-14/h3,7,14H,1-2,4-6,8-12H2. The van der Waals surface area contributed by atoms with Crippen molar-refractivity contribution in [3.63, 3.8) is 0 Å². The van der Waals surface area contributed by atoms with E-state index in [-0.39, 0.29) is 0 Å². The fraction of sp³-hybridized carbons (Fsp3) is 0.786. The fourth-order valence-electron chi connectivity index (χ4n) is 2.85. The van der Waals surface area contributed by atoms with Crippen LogP contribution in [0.5, 0.6) is 0 Å². The van der Waals surface area contributed by atoms with Crippen molar-refractivity contribution in [3.05, 3.63) is 18.1 Å². The summed E-state index contributed by atoms with van der Waals surface area (Å²) in [4.78, 5) is 0. The lowest BCUT2D eigenvalue weighted by Gasteiger charge is -2.23. The summed E-state index contributed by atoms with van der Waals surface area (Å²) in [5.74, 6) is 2.79. The Kier molecular flexibility index (Phi) is 4.09. The number of hydrogen-bond acceptors (Lipinski definition) is 0. The van der Waals surface area contributed by atoms with Gasteiger partial charge in [-0.2, -0.15) is 0 Å². The Morgan fingerprint density at radius 1 is 1.07 bits per heavy atom. The molecule has 0 bridgehead atoms. The second-order valence-corrected chi connectivity index (χ2v) is 5.00. The average molecular weight is 191 g/mol. The first-order valence-electron chi connectivity index (χ1n) is 6.46. The normalized spacial score (nSPS) is 25.4. The van der Waals surface area contributed by atoms with E-state index in [1.807, 2.05) is 0 Å². The third-order valence-corrected chi connectivity index (χ3v) is 3.82. The minimum atomic E-state index is 1.06. The minimum absolute atomic E-state index is 1.06. The van der Waals surface area contributed by atoms with Crippen LogP contribution in [0.15, 0.2) is 12.2 Å². The van der Waals surface area contributed by atoms with Gasteiger partial charge in [0.15, 0.2) is 0 Å². The summed E-state index contributed by atoms with van der Waals surface area (Å²) in [6.45, 7) is 0. The SMILES string of the molecule is C1=C[C](CCC2CCCCC2)CCC1. The van der Waals surface area contributed by atoms with Gasteiger partial charge < -0.3 is 0 Å². The molecule has 1 fully saturated rings. The van der Waals surface area contributed by atoms with Crippen molar-refractivity contribution < 1.29 is 0 Å². The highest BCUT2D eigenvalue weighted by Gasteiger charge is 2.16. The van der Waals surface area contributed by atoms with Crippen LogP contribution in [0.3, 0.4) is 0 Å². The van der Waals surface area contributed by atoms with Gasteiger partial charge in [-0.15, -0.1) is 0 Å². The summed E-state index contributed by atoms with van der Waals surface area (Å²) in [6.07, 6.45) is 19.2. The summed E-state index contributed by atoms with van der Waals surface area (Å²) >= 11 is 0. The van der Waals surface area contributed by atoms with Crippen LogP contribution in [0.2, 0.25) is 0 Å². The van der Waals surface area contributed by atoms with Gasteiger partial charge >= 0.3 is 0 Å². The van der Waals surface area contributed by atoms with Crippen molar-refractivity contribution in [1.29, 1.82) is 0 Å². The van der Waals surface area contributed by atoms with Crippen molar-refractivity contribution in [1.82, 2.24) is 0 Å². The van der Waals surface area contributed by atoms with E-state index >= 15 is 0 Å². The van der Waals surface area contributed by atoms with Gasteiger partial charge in [0.25, 0.3) is 0 Å². The van der Waals surface area contributed by atoms with Crippen LogP contribution >= 0.6 is 0 Å². The maximum absolute atomic E-state index is 2.40. The molecular weight excluding hydrogens is 168 g/mol. The maximum Gasteiger partial charge on any atom is -0.00271 e. The summed E-state index contributed by atoms with van der Waals surface area (Å²) in [6, 6.07) is 0. The van der Waals surface area contributed by atoms with E-state index in [0.29, 0.717) is 0 Å². The van der Waals surface area contributed by atoms with E-state index in [2.05, 4.69) is 12.2 Å². The zero-order valence-corrected chi connectivity index (χ0v) is 9.30. The van der Waals surface area contributed by atoms with E-state index in [0.717, 1.165) is 5.92 Å². The molecule has 0 nitrogen and oxygen atoms in total. The van der Waals surface area contributed by atoms with Gasteiger partial charge in [0.05, 0.1) is 0 Å². The van der Waals surface area contributed by atoms with E-state index < -0.39 is 0 Å². The first kappa shape index (κ1) is 10.3. The maximum atomic E-state index is 2.40. The topological polar surface area (TPSA) is 0 Å². The van der Waals surface area contributed by atoms with Crippen molar-refractivity contribution in [2.75, 3.05) is 0 Å². The first-order chi connectivity index (χ1) is 6.95. The van der Waals surface area contributed by atoms with Crippen LogP contribution in [0, 0.1) is 11.8 Å². The lowest BCUT2D eigenvalue weighted by atomic mass is 9.82. The van der Waals surface area contributed by atoms with Crippen molar-refractivity contribution in [2.45, 2.75) is 64.2 Å². The highest BCUT2D eigenvalue weighted by molar-refractivity contribution is 5.12. The Labute approximate surface area is 88.8 Å². The molecule has 0 unspecified atom stereocenters.